The van der Waals surface area contributed by atoms with E-state index in [-0.39, 0.29) is 5.56 Å². The molecule has 0 unspecified atom stereocenters. The van der Waals surface area contributed by atoms with Crippen LogP contribution in [0.1, 0.15) is 0 Å². The second-order valence-electron chi connectivity index (χ2n) is 4.53. The van der Waals surface area contributed by atoms with Gasteiger partial charge in [-0.2, -0.15) is 5.10 Å². The molecule has 0 aliphatic rings. The van der Waals surface area contributed by atoms with Gasteiger partial charge in [0.1, 0.15) is 5.39 Å². The summed E-state index contributed by atoms with van der Waals surface area (Å²) >= 11 is 3.46. The maximum Gasteiger partial charge on any atom is 0.280 e. The lowest BCUT2D eigenvalue weighted by molar-refractivity contribution is 0.562. The molecule has 0 bridgehead atoms. The minimum Gasteiger partial charge on any atom is -0.382 e. The Morgan fingerprint density at radius 1 is 1.33 bits per heavy atom. The molecule has 2 aromatic heterocycles. The van der Waals surface area contributed by atoms with Crippen LogP contribution in [0.25, 0.3) is 11.0 Å². The van der Waals surface area contributed by atoms with Gasteiger partial charge in [0, 0.05) is 23.8 Å². The number of aromatic nitrogens is 5. The number of nitrogens with zero attached hydrogens (tertiary/aromatic N) is 5. The number of nitrogens with one attached hydrogen (secondary N) is 1. The van der Waals surface area contributed by atoms with Crippen molar-refractivity contribution in [1.82, 2.24) is 24.8 Å². The number of rotatable bonds is 4. The van der Waals surface area contributed by atoms with E-state index in [1.54, 1.807) is 7.05 Å². The van der Waals surface area contributed by atoms with Crippen LogP contribution in [0.4, 0.5) is 5.69 Å². The van der Waals surface area contributed by atoms with Gasteiger partial charge in [0.15, 0.2) is 5.65 Å². The molecule has 0 spiro atoms. The Bertz CT molecular complexity index is 840. The van der Waals surface area contributed by atoms with E-state index in [1.165, 1.54) is 15.6 Å². The first-order valence-electron chi connectivity index (χ1n) is 6.41. The summed E-state index contributed by atoms with van der Waals surface area (Å²) in [5.74, 6) is 0. The van der Waals surface area contributed by atoms with E-state index < -0.39 is 0 Å². The Morgan fingerprint density at radius 2 is 2.14 bits per heavy atom. The van der Waals surface area contributed by atoms with Crippen molar-refractivity contribution >= 4 is 32.7 Å². The van der Waals surface area contributed by atoms with Gasteiger partial charge in [0.05, 0.1) is 12.7 Å². The third-order valence-electron chi connectivity index (χ3n) is 3.13. The Labute approximate surface area is 128 Å². The highest BCUT2D eigenvalue weighted by atomic mass is 79.9. The summed E-state index contributed by atoms with van der Waals surface area (Å²) in [5.41, 5.74) is 1.29. The lowest BCUT2D eigenvalue weighted by atomic mass is 10.3. The van der Waals surface area contributed by atoms with Gasteiger partial charge >= 0.3 is 0 Å². The van der Waals surface area contributed by atoms with Crippen LogP contribution >= 0.6 is 15.9 Å². The average molecular weight is 349 g/mol. The first kappa shape index (κ1) is 13.7. The van der Waals surface area contributed by atoms with E-state index >= 15 is 0 Å². The van der Waals surface area contributed by atoms with Gasteiger partial charge in [-0.15, -0.1) is 5.10 Å². The van der Waals surface area contributed by atoms with Crippen molar-refractivity contribution < 1.29 is 0 Å². The maximum absolute atomic E-state index is 12.2. The number of hydrogen-bond donors (Lipinski definition) is 1. The maximum atomic E-state index is 12.2. The third-order valence-corrected chi connectivity index (χ3v) is 3.82. The van der Waals surface area contributed by atoms with Crippen LogP contribution in [0.2, 0.25) is 0 Å². The Balaban J connectivity index is 1.75. The Kier molecular flexibility index (Phi) is 3.70. The summed E-state index contributed by atoms with van der Waals surface area (Å²) in [7, 11) is 1.73. The van der Waals surface area contributed by atoms with Crippen molar-refractivity contribution in [2.75, 3.05) is 11.9 Å². The standard InChI is InChI=1S/C13H13BrN6O/c1-19-12-9(8-16-19)13(21)20(18-17-12)7-6-15-11-5-3-2-4-10(11)14/h2-5,8,15H,6-7H2,1H3. The molecule has 0 saturated carbocycles. The second kappa shape index (κ2) is 5.65. The summed E-state index contributed by atoms with van der Waals surface area (Å²) in [6.45, 7) is 1.00. The summed E-state index contributed by atoms with van der Waals surface area (Å²) in [6, 6.07) is 7.81. The number of halogens is 1. The van der Waals surface area contributed by atoms with E-state index in [2.05, 4.69) is 36.7 Å². The second-order valence-corrected chi connectivity index (χ2v) is 5.38. The van der Waals surface area contributed by atoms with Crippen LogP contribution in [0, 0.1) is 0 Å². The smallest absolute Gasteiger partial charge is 0.280 e. The molecule has 1 aromatic carbocycles. The van der Waals surface area contributed by atoms with Gasteiger partial charge in [-0.05, 0) is 28.1 Å². The average Bonchev–Trinajstić information content (AvgIpc) is 2.86. The molecule has 8 heteroatoms. The number of para-hydroxylation sites is 1. The van der Waals surface area contributed by atoms with Crippen LogP contribution in [0.3, 0.4) is 0 Å². The third kappa shape index (κ3) is 2.66. The van der Waals surface area contributed by atoms with Gasteiger partial charge in [0.2, 0.25) is 0 Å². The van der Waals surface area contributed by atoms with Gasteiger partial charge in [-0.25, -0.2) is 9.36 Å². The number of anilines is 1. The van der Waals surface area contributed by atoms with Crippen molar-refractivity contribution in [3.63, 3.8) is 0 Å². The minimum absolute atomic E-state index is 0.179. The van der Waals surface area contributed by atoms with E-state index in [4.69, 9.17) is 0 Å². The zero-order chi connectivity index (χ0) is 14.8. The Morgan fingerprint density at radius 3 is 2.95 bits per heavy atom. The van der Waals surface area contributed by atoms with Crippen LogP contribution in [0.5, 0.6) is 0 Å². The molecule has 0 saturated heterocycles. The van der Waals surface area contributed by atoms with E-state index in [0.29, 0.717) is 24.1 Å². The first-order valence-corrected chi connectivity index (χ1v) is 7.20. The number of aryl methyl sites for hydroxylation is 1. The topological polar surface area (TPSA) is 77.6 Å². The summed E-state index contributed by atoms with van der Waals surface area (Å²) in [4.78, 5) is 12.2. The molecule has 3 rings (SSSR count). The van der Waals surface area contributed by atoms with Crippen molar-refractivity contribution in [3.05, 3.63) is 45.3 Å². The molecule has 0 radical (unpaired) electrons. The van der Waals surface area contributed by atoms with Crippen molar-refractivity contribution in [2.45, 2.75) is 6.54 Å². The zero-order valence-electron chi connectivity index (χ0n) is 11.3. The molecule has 2 heterocycles. The number of fused-ring (bicyclic) bond motifs is 1. The molecular formula is C13H13BrN6O. The first-order chi connectivity index (χ1) is 10.2. The van der Waals surface area contributed by atoms with Crippen molar-refractivity contribution in [1.29, 1.82) is 0 Å². The number of benzene rings is 1. The lowest BCUT2D eigenvalue weighted by Crippen LogP contribution is -2.27. The highest BCUT2D eigenvalue weighted by Crippen LogP contribution is 2.20. The minimum atomic E-state index is -0.179. The Hall–Kier alpha value is -2.22. The molecule has 108 valence electrons. The van der Waals surface area contributed by atoms with Crippen molar-refractivity contribution in [3.8, 4) is 0 Å². The fraction of sp³-hybridized carbons (Fsp3) is 0.231. The molecule has 3 aromatic rings. The van der Waals surface area contributed by atoms with Crippen LogP contribution in [-0.2, 0) is 13.6 Å². The van der Waals surface area contributed by atoms with E-state index in [1.807, 2.05) is 24.3 Å². The predicted molar refractivity (Wildman–Crippen MR) is 83.2 cm³/mol. The van der Waals surface area contributed by atoms with Crippen LogP contribution < -0.4 is 10.9 Å². The van der Waals surface area contributed by atoms with Crippen LogP contribution in [-0.4, -0.2) is 31.3 Å². The van der Waals surface area contributed by atoms with Gasteiger partial charge in [0.25, 0.3) is 5.56 Å². The normalized spacial score (nSPS) is 11.0. The molecule has 0 atom stereocenters. The lowest BCUT2D eigenvalue weighted by Gasteiger charge is -2.08. The van der Waals surface area contributed by atoms with E-state index in [9.17, 15) is 4.79 Å². The van der Waals surface area contributed by atoms with Gasteiger partial charge in [-0.3, -0.25) is 4.79 Å². The van der Waals surface area contributed by atoms with Crippen molar-refractivity contribution in [2.24, 2.45) is 7.05 Å². The molecule has 0 fully saturated rings. The summed E-state index contributed by atoms with van der Waals surface area (Å²) in [5, 5.41) is 15.7. The largest absolute Gasteiger partial charge is 0.382 e. The molecule has 0 aliphatic carbocycles. The quantitative estimate of drug-likeness (QED) is 0.771. The molecular weight excluding hydrogens is 336 g/mol. The summed E-state index contributed by atoms with van der Waals surface area (Å²) in [6.07, 6.45) is 1.52. The molecule has 0 amide bonds. The van der Waals surface area contributed by atoms with Crippen LogP contribution in [0.15, 0.2) is 39.7 Å². The predicted octanol–water partition coefficient (Wildman–Crippen LogP) is 1.40. The highest BCUT2D eigenvalue weighted by molar-refractivity contribution is 9.10. The fourth-order valence-electron chi connectivity index (χ4n) is 2.02. The van der Waals surface area contributed by atoms with E-state index in [0.717, 1.165) is 10.2 Å². The molecule has 7 nitrogen and oxygen atoms in total. The number of hydrogen-bond acceptors (Lipinski definition) is 5. The SMILES string of the molecule is Cn1ncc2c(=O)n(CCNc3ccccc3Br)nnc21. The zero-order valence-corrected chi connectivity index (χ0v) is 12.9. The highest BCUT2D eigenvalue weighted by Gasteiger charge is 2.09. The molecule has 0 aliphatic heterocycles. The van der Waals surface area contributed by atoms with Gasteiger partial charge < -0.3 is 5.32 Å². The monoisotopic (exact) mass is 348 g/mol. The fourth-order valence-corrected chi connectivity index (χ4v) is 2.45. The van der Waals surface area contributed by atoms with Gasteiger partial charge in [-0.1, -0.05) is 17.3 Å². The molecule has 21 heavy (non-hydrogen) atoms. The molecule has 1 N–H and O–H groups in total. The summed E-state index contributed by atoms with van der Waals surface area (Å²) < 4.78 is 3.85.